The predicted molar refractivity (Wildman–Crippen MR) is 78.6 cm³/mol. The number of hydrogen-bond acceptors (Lipinski definition) is 4. The lowest BCUT2D eigenvalue weighted by molar-refractivity contribution is 0.0740. The van der Waals surface area contributed by atoms with Crippen LogP contribution in [-0.2, 0) is 16.1 Å². The highest BCUT2D eigenvalue weighted by molar-refractivity contribution is 5.12. The van der Waals surface area contributed by atoms with Crippen LogP contribution in [0.25, 0.3) is 0 Å². The third-order valence-electron chi connectivity index (χ3n) is 3.98. The Morgan fingerprint density at radius 2 is 2.25 bits per heavy atom. The molecule has 0 amide bonds. The Balaban J connectivity index is 2.12. The summed E-state index contributed by atoms with van der Waals surface area (Å²) in [6.07, 6.45) is 3.60. The molecule has 0 aliphatic carbocycles. The topological polar surface area (TPSA) is 43.6 Å². The molecule has 1 aliphatic heterocycles. The zero-order valence-electron chi connectivity index (χ0n) is 12.9. The minimum Gasteiger partial charge on any atom is -0.462 e. The summed E-state index contributed by atoms with van der Waals surface area (Å²) in [5.41, 5.74) is 0. The normalized spacial score (nSPS) is 24.1. The van der Waals surface area contributed by atoms with Crippen LogP contribution in [0.3, 0.4) is 0 Å². The second-order valence-electron chi connectivity index (χ2n) is 5.44. The third kappa shape index (κ3) is 3.62. The maximum Gasteiger partial charge on any atom is 0.129 e. The van der Waals surface area contributed by atoms with E-state index in [9.17, 15) is 0 Å². The minimum absolute atomic E-state index is 0.244. The number of furan rings is 1. The van der Waals surface area contributed by atoms with E-state index in [2.05, 4.69) is 25.2 Å². The summed E-state index contributed by atoms with van der Waals surface area (Å²) >= 11 is 0. The first-order chi connectivity index (χ1) is 9.80. The van der Waals surface area contributed by atoms with Crippen molar-refractivity contribution in [3.63, 3.8) is 0 Å². The average molecular weight is 281 g/mol. The van der Waals surface area contributed by atoms with E-state index >= 15 is 0 Å². The van der Waals surface area contributed by atoms with E-state index < -0.39 is 0 Å². The Hall–Kier alpha value is -0.840. The average Bonchev–Trinajstić information content (AvgIpc) is 3.09. The molecular weight excluding hydrogens is 254 g/mol. The molecular formula is C16H27NO3. The van der Waals surface area contributed by atoms with Crippen LogP contribution in [0.2, 0.25) is 0 Å². The van der Waals surface area contributed by atoms with E-state index in [1.54, 1.807) is 7.11 Å². The molecule has 1 saturated heterocycles. The van der Waals surface area contributed by atoms with Crippen LogP contribution in [-0.4, -0.2) is 26.4 Å². The first-order valence-corrected chi connectivity index (χ1v) is 7.72. The maximum atomic E-state index is 5.95. The smallest absolute Gasteiger partial charge is 0.129 e. The van der Waals surface area contributed by atoms with Gasteiger partial charge in [-0.05, 0) is 37.9 Å². The molecule has 2 rings (SSSR count). The van der Waals surface area contributed by atoms with Gasteiger partial charge in [-0.1, -0.05) is 13.8 Å². The largest absolute Gasteiger partial charge is 0.462 e. The van der Waals surface area contributed by atoms with E-state index in [1.165, 1.54) is 0 Å². The summed E-state index contributed by atoms with van der Waals surface area (Å²) in [6, 6.07) is 4.33. The highest BCUT2D eigenvalue weighted by Gasteiger charge is 2.35. The van der Waals surface area contributed by atoms with Crippen LogP contribution in [0, 0.1) is 5.92 Å². The van der Waals surface area contributed by atoms with E-state index in [-0.39, 0.29) is 6.04 Å². The molecule has 2 heterocycles. The number of ether oxygens (including phenoxy) is 2. The molecule has 0 spiro atoms. The fraction of sp³-hybridized carbons (Fsp3) is 0.750. The molecule has 20 heavy (non-hydrogen) atoms. The van der Waals surface area contributed by atoms with Gasteiger partial charge in [0.1, 0.15) is 18.1 Å². The van der Waals surface area contributed by atoms with Crippen LogP contribution in [0.1, 0.15) is 50.7 Å². The summed E-state index contributed by atoms with van der Waals surface area (Å²) in [5, 5.41) is 3.63. The van der Waals surface area contributed by atoms with Crippen molar-refractivity contribution < 1.29 is 13.9 Å². The summed E-state index contributed by atoms with van der Waals surface area (Å²) in [4.78, 5) is 0. The predicted octanol–water partition coefficient (Wildman–Crippen LogP) is 3.28. The van der Waals surface area contributed by atoms with Gasteiger partial charge in [0.05, 0.1) is 12.1 Å². The maximum absolute atomic E-state index is 5.95. The van der Waals surface area contributed by atoms with E-state index in [0.717, 1.165) is 43.9 Å². The SMILES string of the molecule is CCCNC(c1ccc(COC)o1)C1CCOC1CC. The molecule has 0 aromatic carbocycles. The van der Waals surface area contributed by atoms with Gasteiger partial charge in [-0.15, -0.1) is 0 Å². The molecule has 3 atom stereocenters. The minimum atomic E-state index is 0.244. The summed E-state index contributed by atoms with van der Waals surface area (Å²) in [6.45, 7) is 6.76. The van der Waals surface area contributed by atoms with E-state index in [0.29, 0.717) is 18.6 Å². The third-order valence-corrected chi connectivity index (χ3v) is 3.98. The van der Waals surface area contributed by atoms with Crippen molar-refractivity contribution in [2.24, 2.45) is 5.92 Å². The summed E-state index contributed by atoms with van der Waals surface area (Å²) < 4.78 is 16.9. The van der Waals surface area contributed by atoms with E-state index in [1.807, 2.05) is 6.07 Å². The lowest BCUT2D eigenvalue weighted by Crippen LogP contribution is -2.33. The van der Waals surface area contributed by atoms with Crippen LogP contribution < -0.4 is 5.32 Å². The zero-order valence-corrected chi connectivity index (χ0v) is 12.9. The van der Waals surface area contributed by atoms with Gasteiger partial charge in [0, 0.05) is 19.6 Å². The fourth-order valence-electron chi connectivity index (χ4n) is 3.01. The Bertz CT molecular complexity index is 391. The first-order valence-electron chi connectivity index (χ1n) is 7.72. The molecule has 3 unspecified atom stereocenters. The van der Waals surface area contributed by atoms with Crippen molar-refractivity contribution in [1.29, 1.82) is 0 Å². The number of hydrogen-bond donors (Lipinski definition) is 1. The van der Waals surface area contributed by atoms with Crippen molar-refractivity contribution in [3.05, 3.63) is 23.7 Å². The summed E-state index contributed by atoms with van der Waals surface area (Å²) in [5.74, 6) is 2.39. The van der Waals surface area contributed by atoms with Crippen molar-refractivity contribution in [1.82, 2.24) is 5.32 Å². The van der Waals surface area contributed by atoms with Gasteiger partial charge < -0.3 is 19.2 Å². The summed E-state index contributed by atoms with van der Waals surface area (Å²) in [7, 11) is 1.69. The highest BCUT2D eigenvalue weighted by Crippen LogP contribution is 2.35. The van der Waals surface area contributed by atoms with Crippen LogP contribution in [0.4, 0.5) is 0 Å². The van der Waals surface area contributed by atoms with Crippen molar-refractivity contribution in [2.45, 2.75) is 51.9 Å². The molecule has 4 heteroatoms. The molecule has 0 radical (unpaired) electrons. The quantitative estimate of drug-likeness (QED) is 0.794. The Morgan fingerprint density at radius 1 is 1.40 bits per heavy atom. The Morgan fingerprint density at radius 3 is 2.95 bits per heavy atom. The van der Waals surface area contributed by atoms with Crippen LogP contribution in [0.15, 0.2) is 16.5 Å². The van der Waals surface area contributed by atoms with Gasteiger partial charge in [0.2, 0.25) is 0 Å². The highest BCUT2D eigenvalue weighted by atomic mass is 16.5. The second-order valence-corrected chi connectivity index (χ2v) is 5.44. The molecule has 1 N–H and O–H groups in total. The monoisotopic (exact) mass is 281 g/mol. The van der Waals surface area contributed by atoms with E-state index in [4.69, 9.17) is 13.9 Å². The Kier molecular flexibility index (Phi) is 6.07. The van der Waals surface area contributed by atoms with Crippen LogP contribution >= 0.6 is 0 Å². The molecule has 114 valence electrons. The molecule has 0 saturated carbocycles. The van der Waals surface area contributed by atoms with Gasteiger partial charge in [-0.2, -0.15) is 0 Å². The Labute approximate surface area is 121 Å². The van der Waals surface area contributed by atoms with Crippen LogP contribution in [0.5, 0.6) is 0 Å². The standard InChI is InChI=1S/C16H27NO3/c1-4-9-17-16(13-8-10-19-14(13)5-2)15-7-6-12(20-15)11-18-3/h6-7,13-14,16-17H,4-5,8-11H2,1-3H3. The molecule has 1 fully saturated rings. The lowest BCUT2D eigenvalue weighted by atomic mass is 9.89. The number of rotatable bonds is 8. The second kappa shape index (κ2) is 7.81. The van der Waals surface area contributed by atoms with Crippen molar-refractivity contribution in [2.75, 3.05) is 20.3 Å². The molecule has 1 aromatic heterocycles. The molecule has 1 aromatic rings. The molecule has 4 nitrogen and oxygen atoms in total. The number of methoxy groups -OCH3 is 1. The fourth-order valence-corrected chi connectivity index (χ4v) is 3.01. The van der Waals surface area contributed by atoms with Gasteiger partial charge in [-0.3, -0.25) is 0 Å². The first kappa shape index (κ1) is 15.5. The van der Waals surface area contributed by atoms with Crippen molar-refractivity contribution >= 4 is 0 Å². The van der Waals surface area contributed by atoms with Gasteiger partial charge in [0.15, 0.2) is 0 Å². The zero-order chi connectivity index (χ0) is 14.4. The van der Waals surface area contributed by atoms with Crippen molar-refractivity contribution in [3.8, 4) is 0 Å². The molecule has 0 bridgehead atoms. The van der Waals surface area contributed by atoms with Gasteiger partial charge >= 0.3 is 0 Å². The van der Waals surface area contributed by atoms with Gasteiger partial charge in [-0.25, -0.2) is 0 Å². The molecule has 1 aliphatic rings. The lowest BCUT2D eigenvalue weighted by Gasteiger charge is -2.26. The van der Waals surface area contributed by atoms with Gasteiger partial charge in [0.25, 0.3) is 0 Å². The number of nitrogens with one attached hydrogen (secondary N) is 1.